The molecule has 2 atom stereocenters. The molecule has 1 rings (SSSR count). The predicted molar refractivity (Wildman–Crippen MR) is 65.5 cm³/mol. The van der Waals surface area contributed by atoms with Crippen molar-refractivity contribution in [2.75, 3.05) is 18.2 Å². The number of nitrogens with zero attached hydrogens (tertiary/aromatic N) is 2. The third kappa shape index (κ3) is 2.74. The van der Waals surface area contributed by atoms with Gasteiger partial charge in [-0.2, -0.15) is 4.98 Å². The average Bonchev–Trinajstić information content (AvgIpc) is 2.30. The average molecular weight is 224 g/mol. The molecule has 1 heterocycles. The van der Waals surface area contributed by atoms with Gasteiger partial charge in [-0.25, -0.2) is 4.98 Å². The molecule has 0 spiro atoms. The number of hydrogen-bond acceptors (Lipinski definition) is 5. The SMILES string of the molecule is CCC(C)C(C)Nc1ncnc(OC)c1N. The zero-order valence-corrected chi connectivity index (χ0v) is 10.3. The number of anilines is 2. The summed E-state index contributed by atoms with van der Waals surface area (Å²) in [4.78, 5) is 8.05. The minimum atomic E-state index is 0.312. The Kier molecular flexibility index (Phi) is 4.34. The number of hydrogen-bond donors (Lipinski definition) is 2. The van der Waals surface area contributed by atoms with Gasteiger partial charge in [0.05, 0.1) is 7.11 Å². The van der Waals surface area contributed by atoms with Crippen molar-refractivity contribution < 1.29 is 4.74 Å². The summed E-state index contributed by atoms with van der Waals surface area (Å²) in [5.41, 5.74) is 6.33. The van der Waals surface area contributed by atoms with Crippen LogP contribution in [0.3, 0.4) is 0 Å². The molecule has 1 aromatic rings. The van der Waals surface area contributed by atoms with Gasteiger partial charge in [-0.15, -0.1) is 0 Å². The third-order valence-corrected chi connectivity index (χ3v) is 2.90. The monoisotopic (exact) mass is 224 g/mol. The van der Waals surface area contributed by atoms with E-state index in [1.807, 2.05) is 0 Å². The molecular weight excluding hydrogens is 204 g/mol. The van der Waals surface area contributed by atoms with Crippen molar-refractivity contribution in [2.24, 2.45) is 5.92 Å². The highest BCUT2D eigenvalue weighted by Crippen LogP contribution is 2.25. The third-order valence-electron chi connectivity index (χ3n) is 2.90. The molecule has 0 aliphatic carbocycles. The minimum Gasteiger partial charge on any atom is -0.479 e. The van der Waals surface area contributed by atoms with E-state index in [4.69, 9.17) is 10.5 Å². The van der Waals surface area contributed by atoms with Crippen molar-refractivity contribution in [1.29, 1.82) is 0 Å². The van der Waals surface area contributed by atoms with Crippen molar-refractivity contribution in [3.8, 4) is 5.88 Å². The van der Waals surface area contributed by atoms with E-state index in [0.29, 0.717) is 29.3 Å². The van der Waals surface area contributed by atoms with Gasteiger partial charge in [-0.3, -0.25) is 0 Å². The van der Waals surface area contributed by atoms with Gasteiger partial charge in [-0.05, 0) is 12.8 Å². The highest BCUT2D eigenvalue weighted by Gasteiger charge is 2.14. The number of aromatic nitrogens is 2. The lowest BCUT2D eigenvalue weighted by atomic mass is 10.0. The van der Waals surface area contributed by atoms with Crippen LogP contribution in [0.15, 0.2) is 6.33 Å². The fourth-order valence-electron chi connectivity index (χ4n) is 1.37. The molecule has 16 heavy (non-hydrogen) atoms. The molecule has 1 aromatic heterocycles. The van der Waals surface area contributed by atoms with Crippen LogP contribution in [0.5, 0.6) is 5.88 Å². The van der Waals surface area contributed by atoms with Crippen molar-refractivity contribution in [3.05, 3.63) is 6.33 Å². The lowest BCUT2D eigenvalue weighted by Crippen LogP contribution is -2.24. The molecule has 0 bridgehead atoms. The van der Waals surface area contributed by atoms with Gasteiger partial charge >= 0.3 is 0 Å². The number of nitrogens with two attached hydrogens (primary N) is 1. The fourth-order valence-corrected chi connectivity index (χ4v) is 1.37. The molecule has 5 heteroatoms. The lowest BCUT2D eigenvalue weighted by Gasteiger charge is -2.21. The van der Waals surface area contributed by atoms with Crippen molar-refractivity contribution in [3.63, 3.8) is 0 Å². The maximum absolute atomic E-state index is 5.87. The summed E-state index contributed by atoms with van der Waals surface area (Å²) in [7, 11) is 1.54. The summed E-state index contributed by atoms with van der Waals surface area (Å²) in [6.07, 6.45) is 2.55. The van der Waals surface area contributed by atoms with Crippen LogP contribution in [0.4, 0.5) is 11.5 Å². The van der Waals surface area contributed by atoms with E-state index in [1.165, 1.54) is 6.33 Å². The first-order valence-corrected chi connectivity index (χ1v) is 5.51. The summed E-state index contributed by atoms with van der Waals surface area (Å²) in [5.74, 6) is 1.61. The number of ether oxygens (including phenoxy) is 1. The summed E-state index contributed by atoms with van der Waals surface area (Å²) in [5, 5.41) is 3.28. The normalized spacial score (nSPS) is 14.2. The van der Waals surface area contributed by atoms with Crippen molar-refractivity contribution in [2.45, 2.75) is 33.2 Å². The first-order valence-electron chi connectivity index (χ1n) is 5.51. The Morgan fingerprint density at radius 1 is 1.44 bits per heavy atom. The molecule has 0 radical (unpaired) electrons. The van der Waals surface area contributed by atoms with E-state index in [0.717, 1.165) is 6.42 Å². The topological polar surface area (TPSA) is 73.1 Å². The van der Waals surface area contributed by atoms with E-state index in [-0.39, 0.29) is 0 Å². The van der Waals surface area contributed by atoms with Gasteiger partial charge in [0, 0.05) is 6.04 Å². The Morgan fingerprint density at radius 2 is 2.12 bits per heavy atom. The Morgan fingerprint density at radius 3 is 2.69 bits per heavy atom. The molecule has 0 saturated carbocycles. The molecule has 90 valence electrons. The Hall–Kier alpha value is -1.52. The van der Waals surface area contributed by atoms with Gasteiger partial charge in [0.1, 0.15) is 12.0 Å². The van der Waals surface area contributed by atoms with Gasteiger partial charge in [-0.1, -0.05) is 20.3 Å². The maximum atomic E-state index is 5.87. The molecule has 0 saturated heterocycles. The molecule has 5 nitrogen and oxygen atoms in total. The van der Waals surface area contributed by atoms with Crippen LogP contribution < -0.4 is 15.8 Å². The van der Waals surface area contributed by atoms with Crippen LogP contribution in [0.25, 0.3) is 0 Å². The van der Waals surface area contributed by atoms with E-state index in [2.05, 4.69) is 36.1 Å². The second-order valence-corrected chi connectivity index (χ2v) is 3.96. The zero-order chi connectivity index (χ0) is 12.1. The predicted octanol–water partition coefficient (Wildman–Crippen LogP) is 1.91. The molecule has 0 fully saturated rings. The summed E-state index contributed by atoms with van der Waals surface area (Å²) in [6, 6.07) is 0.312. The van der Waals surface area contributed by atoms with Gasteiger partial charge in [0.25, 0.3) is 0 Å². The Balaban J connectivity index is 2.81. The molecule has 0 aliphatic heterocycles. The molecule has 0 aliphatic rings. The maximum Gasteiger partial charge on any atom is 0.242 e. The lowest BCUT2D eigenvalue weighted by molar-refractivity contribution is 0.399. The molecule has 3 N–H and O–H groups in total. The van der Waals surface area contributed by atoms with E-state index >= 15 is 0 Å². The van der Waals surface area contributed by atoms with Crippen LogP contribution in [0.1, 0.15) is 27.2 Å². The standard InChI is InChI=1S/C11H20N4O/c1-5-7(2)8(3)15-10-9(12)11(16-4)14-6-13-10/h6-8H,5,12H2,1-4H3,(H,13,14,15). The first kappa shape index (κ1) is 12.5. The van der Waals surface area contributed by atoms with Crippen LogP contribution in [-0.2, 0) is 0 Å². The van der Waals surface area contributed by atoms with Gasteiger partial charge in [0.2, 0.25) is 5.88 Å². The molecule has 0 aromatic carbocycles. The highest BCUT2D eigenvalue weighted by atomic mass is 16.5. The minimum absolute atomic E-state index is 0.312. The zero-order valence-electron chi connectivity index (χ0n) is 10.3. The van der Waals surface area contributed by atoms with Crippen LogP contribution in [-0.4, -0.2) is 23.1 Å². The summed E-state index contributed by atoms with van der Waals surface area (Å²) >= 11 is 0. The van der Waals surface area contributed by atoms with Gasteiger partial charge in [0.15, 0.2) is 5.82 Å². The molecule has 2 unspecified atom stereocenters. The number of nitrogens with one attached hydrogen (secondary N) is 1. The number of rotatable bonds is 5. The first-order chi connectivity index (χ1) is 7.60. The fraction of sp³-hybridized carbons (Fsp3) is 0.636. The van der Waals surface area contributed by atoms with Crippen molar-refractivity contribution >= 4 is 11.5 Å². The van der Waals surface area contributed by atoms with Crippen LogP contribution in [0, 0.1) is 5.92 Å². The quantitative estimate of drug-likeness (QED) is 0.799. The van der Waals surface area contributed by atoms with E-state index in [1.54, 1.807) is 7.11 Å². The Labute approximate surface area is 96.4 Å². The summed E-state index contributed by atoms with van der Waals surface area (Å²) in [6.45, 7) is 6.46. The van der Waals surface area contributed by atoms with E-state index in [9.17, 15) is 0 Å². The summed E-state index contributed by atoms with van der Waals surface area (Å²) < 4.78 is 5.04. The van der Waals surface area contributed by atoms with Crippen molar-refractivity contribution in [1.82, 2.24) is 9.97 Å². The molecular formula is C11H20N4O. The number of methoxy groups -OCH3 is 1. The van der Waals surface area contributed by atoms with E-state index < -0.39 is 0 Å². The van der Waals surface area contributed by atoms with Crippen LogP contribution in [0.2, 0.25) is 0 Å². The second-order valence-electron chi connectivity index (χ2n) is 3.96. The van der Waals surface area contributed by atoms with Gasteiger partial charge < -0.3 is 15.8 Å². The van der Waals surface area contributed by atoms with Crippen LogP contribution >= 0.6 is 0 Å². The largest absolute Gasteiger partial charge is 0.479 e. The molecule has 0 amide bonds. The number of nitrogen functional groups attached to an aromatic ring is 1. The smallest absolute Gasteiger partial charge is 0.242 e. The highest BCUT2D eigenvalue weighted by molar-refractivity contribution is 5.66. The second kappa shape index (κ2) is 5.53. The Bertz CT molecular complexity index is 343.